The van der Waals surface area contributed by atoms with E-state index in [9.17, 15) is 4.79 Å². The molecule has 0 aromatic carbocycles. The van der Waals surface area contributed by atoms with Gasteiger partial charge in [-0.2, -0.15) is 0 Å². The van der Waals surface area contributed by atoms with Crippen LogP contribution in [0.25, 0.3) is 0 Å². The van der Waals surface area contributed by atoms with Crippen LogP contribution >= 0.6 is 0 Å². The number of aliphatic hydroxyl groups is 1. The fourth-order valence-corrected chi connectivity index (χ4v) is 2.18. The summed E-state index contributed by atoms with van der Waals surface area (Å²) in [6.45, 7) is 0.494. The zero-order valence-electron chi connectivity index (χ0n) is 9.82. The summed E-state index contributed by atoms with van der Waals surface area (Å²) in [6.07, 6.45) is 3.10. The monoisotopic (exact) mass is 230 g/mol. The van der Waals surface area contributed by atoms with E-state index in [2.05, 4.69) is 5.32 Å². The van der Waals surface area contributed by atoms with Gasteiger partial charge in [0.1, 0.15) is 0 Å². The molecule has 0 spiro atoms. The number of amides is 1. The van der Waals surface area contributed by atoms with E-state index in [0.717, 1.165) is 19.3 Å². The summed E-state index contributed by atoms with van der Waals surface area (Å²) in [5, 5.41) is 12.1. The molecular weight excluding hydrogens is 208 g/mol. The van der Waals surface area contributed by atoms with Crippen molar-refractivity contribution in [1.29, 1.82) is 0 Å². The van der Waals surface area contributed by atoms with Gasteiger partial charge in [-0.25, -0.2) is 0 Å². The number of carbonyl (C=O) groups excluding carboxylic acids is 1. The summed E-state index contributed by atoms with van der Waals surface area (Å²) in [7, 11) is 1.55. The molecule has 0 aromatic rings. The van der Waals surface area contributed by atoms with Gasteiger partial charge in [-0.1, -0.05) is 6.42 Å². The minimum absolute atomic E-state index is 0.0392. The SMILES string of the molecule is COC(CN)CC(=O)NC1CCCC1CO. The molecule has 16 heavy (non-hydrogen) atoms. The van der Waals surface area contributed by atoms with E-state index >= 15 is 0 Å². The molecule has 1 rings (SSSR count). The first-order valence-corrected chi connectivity index (χ1v) is 5.84. The maximum absolute atomic E-state index is 11.7. The Kier molecular flexibility index (Phi) is 5.73. The summed E-state index contributed by atoms with van der Waals surface area (Å²) in [6, 6.07) is 0.118. The average Bonchev–Trinajstić information content (AvgIpc) is 2.73. The van der Waals surface area contributed by atoms with E-state index in [4.69, 9.17) is 15.6 Å². The van der Waals surface area contributed by atoms with Crippen LogP contribution in [0.4, 0.5) is 0 Å². The summed E-state index contributed by atoms with van der Waals surface area (Å²) < 4.78 is 5.05. The van der Waals surface area contributed by atoms with E-state index in [1.165, 1.54) is 0 Å². The molecular formula is C11H22N2O3. The lowest BCUT2D eigenvalue weighted by Gasteiger charge is -2.20. The van der Waals surface area contributed by atoms with Gasteiger partial charge in [0.25, 0.3) is 0 Å². The predicted molar refractivity (Wildman–Crippen MR) is 60.8 cm³/mol. The van der Waals surface area contributed by atoms with Crippen molar-refractivity contribution in [3.8, 4) is 0 Å². The van der Waals surface area contributed by atoms with Crippen molar-refractivity contribution in [1.82, 2.24) is 5.32 Å². The number of aliphatic hydroxyl groups excluding tert-OH is 1. The molecule has 0 bridgehead atoms. The Hall–Kier alpha value is -0.650. The Morgan fingerprint density at radius 1 is 1.62 bits per heavy atom. The third kappa shape index (κ3) is 3.73. The van der Waals surface area contributed by atoms with Crippen molar-refractivity contribution >= 4 is 5.91 Å². The molecule has 0 radical (unpaired) electrons. The Balaban J connectivity index is 2.33. The molecule has 5 heteroatoms. The normalized spacial score (nSPS) is 26.7. The van der Waals surface area contributed by atoms with Gasteiger partial charge < -0.3 is 20.9 Å². The second-order valence-corrected chi connectivity index (χ2v) is 4.35. The van der Waals surface area contributed by atoms with Crippen LogP contribution in [0, 0.1) is 5.92 Å². The number of hydrogen-bond donors (Lipinski definition) is 3. The van der Waals surface area contributed by atoms with Gasteiger partial charge in [0.2, 0.25) is 5.91 Å². The molecule has 0 aliphatic heterocycles. The van der Waals surface area contributed by atoms with Crippen LogP contribution in [0.2, 0.25) is 0 Å². The van der Waals surface area contributed by atoms with Crippen LogP contribution < -0.4 is 11.1 Å². The van der Waals surface area contributed by atoms with Crippen LogP contribution in [0.1, 0.15) is 25.7 Å². The second-order valence-electron chi connectivity index (χ2n) is 4.35. The first-order chi connectivity index (χ1) is 7.71. The van der Waals surface area contributed by atoms with Crippen molar-refractivity contribution in [2.24, 2.45) is 11.7 Å². The standard InChI is InChI=1S/C11H22N2O3/c1-16-9(6-12)5-11(15)13-10-4-2-3-8(10)7-14/h8-10,14H,2-7,12H2,1H3,(H,13,15). The lowest BCUT2D eigenvalue weighted by atomic mass is 10.0. The quantitative estimate of drug-likeness (QED) is 0.581. The van der Waals surface area contributed by atoms with E-state index < -0.39 is 0 Å². The molecule has 5 nitrogen and oxygen atoms in total. The largest absolute Gasteiger partial charge is 0.396 e. The van der Waals surface area contributed by atoms with E-state index in [1.54, 1.807) is 7.11 Å². The zero-order valence-corrected chi connectivity index (χ0v) is 9.82. The zero-order chi connectivity index (χ0) is 12.0. The fraction of sp³-hybridized carbons (Fsp3) is 0.909. The minimum Gasteiger partial charge on any atom is -0.396 e. The van der Waals surface area contributed by atoms with Crippen LogP contribution in [0.5, 0.6) is 0 Å². The molecule has 1 aliphatic carbocycles. The number of nitrogens with two attached hydrogens (primary N) is 1. The Bertz CT molecular complexity index is 219. The minimum atomic E-state index is -0.214. The fourth-order valence-electron chi connectivity index (χ4n) is 2.18. The highest BCUT2D eigenvalue weighted by Crippen LogP contribution is 2.25. The number of hydrogen-bond acceptors (Lipinski definition) is 4. The lowest BCUT2D eigenvalue weighted by Crippen LogP contribution is -2.41. The third-order valence-electron chi connectivity index (χ3n) is 3.25. The number of methoxy groups -OCH3 is 1. The Morgan fingerprint density at radius 3 is 2.94 bits per heavy atom. The van der Waals surface area contributed by atoms with Crippen molar-refractivity contribution in [3.63, 3.8) is 0 Å². The number of ether oxygens (including phenoxy) is 1. The highest BCUT2D eigenvalue weighted by Gasteiger charge is 2.28. The topological polar surface area (TPSA) is 84.6 Å². The highest BCUT2D eigenvalue weighted by atomic mass is 16.5. The average molecular weight is 230 g/mol. The van der Waals surface area contributed by atoms with Gasteiger partial charge in [0.05, 0.1) is 12.5 Å². The maximum atomic E-state index is 11.7. The van der Waals surface area contributed by atoms with Gasteiger partial charge >= 0.3 is 0 Å². The molecule has 0 aromatic heterocycles. The molecule has 0 saturated heterocycles. The number of rotatable bonds is 6. The molecule has 1 aliphatic rings. The maximum Gasteiger partial charge on any atom is 0.222 e. The van der Waals surface area contributed by atoms with Crippen molar-refractivity contribution in [2.45, 2.75) is 37.8 Å². The first-order valence-electron chi connectivity index (χ1n) is 5.84. The van der Waals surface area contributed by atoms with Crippen LogP contribution in [0.15, 0.2) is 0 Å². The highest BCUT2D eigenvalue weighted by molar-refractivity contribution is 5.76. The molecule has 94 valence electrons. The Morgan fingerprint density at radius 2 is 2.38 bits per heavy atom. The van der Waals surface area contributed by atoms with Gasteiger partial charge in [0, 0.05) is 32.2 Å². The van der Waals surface area contributed by atoms with Gasteiger partial charge in [-0.05, 0) is 12.8 Å². The van der Waals surface area contributed by atoms with E-state index in [-0.39, 0.29) is 30.6 Å². The smallest absolute Gasteiger partial charge is 0.222 e. The molecule has 0 heterocycles. The van der Waals surface area contributed by atoms with E-state index in [0.29, 0.717) is 13.0 Å². The predicted octanol–water partition coefficient (Wildman–Crippen LogP) is -0.373. The van der Waals surface area contributed by atoms with Crippen molar-refractivity contribution in [3.05, 3.63) is 0 Å². The van der Waals surface area contributed by atoms with Crippen LogP contribution in [-0.4, -0.2) is 43.4 Å². The first kappa shape index (κ1) is 13.4. The number of carbonyl (C=O) groups is 1. The molecule has 1 saturated carbocycles. The van der Waals surface area contributed by atoms with Gasteiger partial charge in [0.15, 0.2) is 0 Å². The molecule has 4 N–H and O–H groups in total. The molecule has 3 unspecified atom stereocenters. The molecule has 3 atom stereocenters. The lowest BCUT2D eigenvalue weighted by molar-refractivity contribution is -0.124. The van der Waals surface area contributed by atoms with Gasteiger partial charge in [-0.15, -0.1) is 0 Å². The molecule has 1 fully saturated rings. The Labute approximate surface area is 96.3 Å². The summed E-state index contributed by atoms with van der Waals surface area (Å²) in [4.78, 5) is 11.7. The second kappa shape index (κ2) is 6.83. The van der Waals surface area contributed by atoms with Crippen molar-refractivity contribution in [2.75, 3.05) is 20.3 Å². The molecule has 1 amide bonds. The number of nitrogens with one attached hydrogen (secondary N) is 1. The van der Waals surface area contributed by atoms with Crippen molar-refractivity contribution < 1.29 is 14.6 Å². The summed E-state index contributed by atoms with van der Waals surface area (Å²) in [5.74, 6) is 0.172. The van der Waals surface area contributed by atoms with Crippen LogP contribution in [-0.2, 0) is 9.53 Å². The van der Waals surface area contributed by atoms with Gasteiger partial charge in [-0.3, -0.25) is 4.79 Å². The van der Waals surface area contributed by atoms with E-state index in [1.807, 2.05) is 0 Å². The third-order valence-corrected chi connectivity index (χ3v) is 3.25. The van der Waals surface area contributed by atoms with Crippen LogP contribution in [0.3, 0.4) is 0 Å². The summed E-state index contributed by atoms with van der Waals surface area (Å²) in [5.41, 5.74) is 5.45. The summed E-state index contributed by atoms with van der Waals surface area (Å²) >= 11 is 0.